The van der Waals surface area contributed by atoms with E-state index in [1.165, 1.54) is 5.56 Å². The lowest BCUT2D eigenvalue weighted by Crippen LogP contribution is -2.06. The first-order valence-corrected chi connectivity index (χ1v) is 8.58. The molecular weight excluding hydrogens is 302 g/mol. The second-order valence-electron chi connectivity index (χ2n) is 5.42. The largest absolute Gasteiger partial charge is 0.494 e. The van der Waals surface area contributed by atoms with Crippen LogP contribution in [-0.2, 0) is 11.3 Å². The van der Waals surface area contributed by atoms with Crippen LogP contribution in [0.2, 0.25) is 0 Å². The molecule has 0 aromatic heterocycles. The van der Waals surface area contributed by atoms with E-state index >= 15 is 0 Å². The molecule has 1 N–H and O–H groups in total. The molecule has 0 atom stereocenters. The average Bonchev–Trinajstić information content (AvgIpc) is 2.63. The first-order valence-electron chi connectivity index (χ1n) is 8.58. The van der Waals surface area contributed by atoms with Crippen molar-refractivity contribution in [2.45, 2.75) is 26.8 Å². The van der Waals surface area contributed by atoms with Gasteiger partial charge in [0.2, 0.25) is 0 Å². The summed E-state index contributed by atoms with van der Waals surface area (Å²) in [5.41, 5.74) is 2.22. The molecule has 130 valence electrons. The lowest BCUT2D eigenvalue weighted by Gasteiger charge is -2.11. The van der Waals surface area contributed by atoms with Gasteiger partial charge < -0.3 is 19.5 Å². The molecule has 0 bridgehead atoms. The van der Waals surface area contributed by atoms with Crippen molar-refractivity contribution in [3.63, 3.8) is 0 Å². The Balaban J connectivity index is 1.85. The first kappa shape index (κ1) is 18.1. The Bertz CT molecular complexity index is 601. The van der Waals surface area contributed by atoms with Gasteiger partial charge in [-0.2, -0.15) is 0 Å². The zero-order chi connectivity index (χ0) is 17.0. The van der Waals surface area contributed by atoms with Crippen molar-refractivity contribution >= 4 is 5.69 Å². The Morgan fingerprint density at radius 3 is 2.38 bits per heavy atom. The fourth-order valence-corrected chi connectivity index (χ4v) is 2.23. The average molecular weight is 329 g/mol. The number of hydrogen-bond acceptors (Lipinski definition) is 4. The summed E-state index contributed by atoms with van der Waals surface area (Å²) in [5, 5.41) is 3.42. The Kier molecular flexibility index (Phi) is 7.98. The second kappa shape index (κ2) is 10.6. The minimum atomic E-state index is 0.571. The quantitative estimate of drug-likeness (QED) is 0.616. The molecule has 4 heteroatoms. The van der Waals surface area contributed by atoms with Crippen molar-refractivity contribution in [2.75, 3.05) is 31.7 Å². The predicted octanol–water partition coefficient (Wildman–Crippen LogP) is 4.50. The highest BCUT2D eigenvalue weighted by Gasteiger charge is 2.00. The number of hydrogen-bond donors (Lipinski definition) is 1. The van der Waals surface area contributed by atoms with E-state index < -0.39 is 0 Å². The molecule has 0 saturated carbocycles. The van der Waals surface area contributed by atoms with E-state index in [9.17, 15) is 0 Å². The summed E-state index contributed by atoms with van der Waals surface area (Å²) in [4.78, 5) is 0. The summed E-state index contributed by atoms with van der Waals surface area (Å²) in [5.74, 6) is 1.77. The second-order valence-corrected chi connectivity index (χ2v) is 5.42. The molecule has 2 rings (SSSR count). The number of anilines is 1. The standard InChI is InChI=1S/C20H27NO3/c1-3-11-23-20-10-6-8-18(15-20)21-16-17-7-5-9-19(14-17)24-13-12-22-4-2/h5-10,14-15,21H,3-4,11-13,16H2,1-2H3. The van der Waals surface area contributed by atoms with Crippen molar-refractivity contribution in [3.8, 4) is 11.5 Å². The summed E-state index contributed by atoms with van der Waals surface area (Å²) in [7, 11) is 0. The van der Waals surface area contributed by atoms with Crippen molar-refractivity contribution in [3.05, 3.63) is 54.1 Å². The van der Waals surface area contributed by atoms with Crippen molar-refractivity contribution in [2.24, 2.45) is 0 Å². The Labute approximate surface area is 144 Å². The topological polar surface area (TPSA) is 39.7 Å². The van der Waals surface area contributed by atoms with Gasteiger partial charge in [0.25, 0.3) is 0 Å². The van der Waals surface area contributed by atoms with Gasteiger partial charge in [-0.25, -0.2) is 0 Å². The fourth-order valence-electron chi connectivity index (χ4n) is 2.23. The minimum Gasteiger partial charge on any atom is -0.494 e. The molecule has 0 saturated heterocycles. The maximum atomic E-state index is 5.69. The van der Waals surface area contributed by atoms with Gasteiger partial charge in [-0.3, -0.25) is 0 Å². The van der Waals surface area contributed by atoms with Crippen molar-refractivity contribution in [1.82, 2.24) is 0 Å². The summed E-state index contributed by atoms with van der Waals surface area (Å²) >= 11 is 0. The molecule has 0 aliphatic heterocycles. The Morgan fingerprint density at radius 1 is 0.833 bits per heavy atom. The maximum Gasteiger partial charge on any atom is 0.121 e. The first-order chi connectivity index (χ1) is 11.8. The van der Waals surface area contributed by atoms with E-state index in [-0.39, 0.29) is 0 Å². The van der Waals surface area contributed by atoms with Gasteiger partial charge in [0.15, 0.2) is 0 Å². The SMILES string of the molecule is CCCOc1cccc(NCc2cccc(OCCOCC)c2)c1. The van der Waals surface area contributed by atoms with Gasteiger partial charge in [0, 0.05) is 24.9 Å². The molecule has 0 amide bonds. The van der Waals surface area contributed by atoms with Crippen LogP contribution in [0.5, 0.6) is 11.5 Å². The monoisotopic (exact) mass is 329 g/mol. The zero-order valence-corrected chi connectivity index (χ0v) is 14.6. The number of benzene rings is 2. The predicted molar refractivity (Wildman–Crippen MR) is 98.0 cm³/mol. The van der Waals surface area contributed by atoms with Crippen LogP contribution in [0.3, 0.4) is 0 Å². The zero-order valence-electron chi connectivity index (χ0n) is 14.6. The van der Waals surface area contributed by atoms with Crippen LogP contribution >= 0.6 is 0 Å². The maximum absolute atomic E-state index is 5.69. The molecule has 2 aromatic rings. The fraction of sp³-hybridized carbons (Fsp3) is 0.400. The third-order valence-electron chi connectivity index (χ3n) is 3.40. The number of rotatable bonds is 11. The minimum absolute atomic E-state index is 0.571. The van der Waals surface area contributed by atoms with Gasteiger partial charge in [0.1, 0.15) is 18.1 Å². The van der Waals surface area contributed by atoms with E-state index in [2.05, 4.69) is 24.4 Å². The Hall–Kier alpha value is -2.20. The molecule has 0 fully saturated rings. The van der Waals surface area contributed by atoms with Crippen molar-refractivity contribution < 1.29 is 14.2 Å². The number of ether oxygens (including phenoxy) is 3. The van der Waals surface area contributed by atoms with Crippen LogP contribution < -0.4 is 14.8 Å². The van der Waals surface area contributed by atoms with Crippen LogP contribution in [0.4, 0.5) is 5.69 Å². The Morgan fingerprint density at radius 2 is 1.58 bits per heavy atom. The molecule has 24 heavy (non-hydrogen) atoms. The van der Waals surface area contributed by atoms with Gasteiger partial charge in [0.05, 0.1) is 13.2 Å². The molecule has 0 heterocycles. The summed E-state index contributed by atoms with van der Waals surface area (Å²) < 4.78 is 16.6. The van der Waals surface area contributed by atoms with E-state index in [4.69, 9.17) is 14.2 Å². The molecule has 0 aliphatic carbocycles. The third kappa shape index (κ3) is 6.50. The van der Waals surface area contributed by atoms with Crippen LogP contribution in [-0.4, -0.2) is 26.4 Å². The van der Waals surface area contributed by atoms with Crippen molar-refractivity contribution in [1.29, 1.82) is 0 Å². The van der Waals surface area contributed by atoms with E-state index in [0.717, 1.165) is 36.8 Å². The molecular formula is C20H27NO3. The van der Waals surface area contributed by atoms with Crippen LogP contribution in [0.15, 0.2) is 48.5 Å². The van der Waals surface area contributed by atoms with Crippen LogP contribution in [0.25, 0.3) is 0 Å². The van der Waals surface area contributed by atoms with E-state index in [1.807, 2.05) is 43.3 Å². The molecule has 4 nitrogen and oxygen atoms in total. The van der Waals surface area contributed by atoms with Gasteiger partial charge >= 0.3 is 0 Å². The van der Waals surface area contributed by atoms with Gasteiger partial charge in [-0.15, -0.1) is 0 Å². The van der Waals surface area contributed by atoms with E-state index in [1.54, 1.807) is 0 Å². The summed E-state index contributed by atoms with van der Waals surface area (Å²) in [6.45, 7) is 7.46. The highest BCUT2D eigenvalue weighted by molar-refractivity contribution is 5.48. The normalized spacial score (nSPS) is 10.4. The lowest BCUT2D eigenvalue weighted by atomic mass is 10.2. The number of nitrogens with one attached hydrogen (secondary N) is 1. The van der Waals surface area contributed by atoms with E-state index in [0.29, 0.717) is 19.8 Å². The summed E-state index contributed by atoms with van der Waals surface area (Å²) in [6, 6.07) is 16.2. The molecule has 0 spiro atoms. The third-order valence-corrected chi connectivity index (χ3v) is 3.40. The smallest absolute Gasteiger partial charge is 0.121 e. The molecule has 0 unspecified atom stereocenters. The molecule has 0 radical (unpaired) electrons. The molecule has 2 aromatic carbocycles. The van der Waals surface area contributed by atoms with Gasteiger partial charge in [-0.1, -0.05) is 25.1 Å². The lowest BCUT2D eigenvalue weighted by molar-refractivity contribution is 0.110. The highest BCUT2D eigenvalue weighted by atomic mass is 16.5. The highest BCUT2D eigenvalue weighted by Crippen LogP contribution is 2.19. The van der Waals surface area contributed by atoms with Crippen LogP contribution in [0, 0.1) is 0 Å². The summed E-state index contributed by atoms with van der Waals surface area (Å²) in [6.07, 6.45) is 1.01. The molecule has 0 aliphatic rings. The van der Waals surface area contributed by atoms with Gasteiger partial charge in [-0.05, 0) is 43.2 Å². The van der Waals surface area contributed by atoms with Crippen LogP contribution in [0.1, 0.15) is 25.8 Å².